The van der Waals surface area contributed by atoms with Crippen molar-refractivity contribution >= 4 is 74.9 Å². The Labute approximate surface area is 253 Å². The SMILES string of the molecule is O=S(=O)(c1ccccc1)c1c2ccccc2c(-c2cc3ccccc3c3c2oc2ccc4ccccc4c23)c2ccccc12. The second kappa shape index (κ2) is 9.27. The van der Waals surface area contributed by atoms with Gasteiger partial charge in [0.05, 0.1) is 9.79 Å². The first-order valence-corrected chi connectivity index (χ1v) is 16.1. The van der Waals surface area contributed by atoms with Crippen LogP contribution in [0.2, 0.25) is 0 Å². The van der Waals surface area contributed by atoms with Crippen LogP contribution in [0.5, 0.6) is 0 Å². The smallest absolute Gasteiger partial charge is 0.207 e. The van der Waals surface area contributed by atoms with Crippen molar-refractivity contribution in [2.24, 2.45) is 0 Å². The second-order valence-corrected chi connectivity index (χ2v) is 13.1. The third-order valence-electron chi connectivity index (χ3n) is 8.83. The molecule has 4 heteroatoms. The van der Waals surface area contributed by atoms with E-state index in [-0.39, 0.29) is 4.90 Å². The molecule has 0 unspecified atom stereocenters. The van der Waals surface area contributed by atoms with E-state index in [4.69, 9.17) is 4.42 Å². The summed E-state index contributed by atoms with van der Waals surface area (Å²) >= 11 is 0. The van der Waals surface area contributed by atoms with E-state index in [1.54, 1.807) is 24.3 Å². The Hall–Kier alpha value is -5.45. The van der Waals surface area contributed by atoms with Crippen LogP contribution < -0.4 is 0 Å². The molecule has 0 atom stereocenters. The van der Waals surface area contributed by atoms with Crippen molar-refractivity contribution in [1.82, 2.24) is 0 Å². The Balaban J connectivity index is 1.50. The van der Waals surface area contributed by atoms with E-state index in [0.717, 1.165) is 65.4 Å². The summed E-state index contributed by atoms with van der Waals surface area (Å²) < 4.78 is 35.4. The van der Waals surface area contributed by atoms with Gasteiger partial charge in [-0.3, -0.25) is 0 Å². The van der Waals surface area contributed by atoms with Gasteiger partial charge in [-0.15, -0.1) is 0 Å². The molecule has 0 radical (unpaired) electrons. The lowest BCUT2D eigenvalue weighted by atomic mass is 9.89. The topological polar surface area (TPSA) is 47.3 Å². The summed E-state index contributed by atoms with van der Waals surface area (Å²) in [5.41, 5.74) is 3.52. The molecule has 0 spiro atoms. The Bertz CT molecular complexity index is 2660. The molecule has 0 saturated heterocycles. The highest BCUT2D eigenvalue weighted by atomic mass is 32.2. The Kier molecular flexibility index (Phi) is 5.29. The first-order chi connectivity index (χ1) is 21.6. The highest BCUT2D eigenvalue weighted by Gasteiger charge is 2.27. The van der Waals surface area contributed by atoms with Crippen LogP contribution >= 0.6 is 0 Å². The minimum Gasteiger partial charge on any atom is -0.455 e. The number of furan rings is 1. The van der Waals surface area contributed by atoms with Gasteiger partial charge in [-0.2, -0.15) is 0 Å². The van der Waals surface area contributed by atoms with Gasteiger partial charge in [0, 0.05) is 32.7 Å². The van der Waals surface area contributed by atoms with Gasteiger partial charge in [-0.25, -0.2) is 8.42 Å². The van der Waals surface area contributed by atoms with Crippen LogP contribution in [0.3, 0.4) is 0 Å². The van der Waals surface area contributed by atoms with E-state index in [0.29, 0.717) is 15.7 Å². The number of hydrogen-bond acceptors (Lipinski definition) is 3. The van der Waals surface area contributed by atoms with Gasteiger partial charge in [0.15, 0.2) is 0 Å². The summed E-state index contributed by atoms with van der Waals surface area (Å²) in [7, 11) is -3.84. The molecular weight excluding hydrogens is 561 g/mol. The summed E-state index contributed by atoms with van der Waals surface area (Å²) in [6.07, 6.45) is 0. The maximum Gasteiger partial charge on any atom is 0.207 e. The molecular formula is C40H24O3S. The number of sulfone groups is 1. The molecule has 208 valence electrons. The zero-order chi connectivity index (χ0) is 29.4. The molecule has 8 aromatic carbocycles. The minimum absolute atomic E-state index is 0.278. The molecule has 3 nitrogen and oxygen atoms in total. The summed E-state index contributed by atoms with van der Waals surface area (Å²) in [4.78, 5) is 0.603. The Morgan fingerprint density at radius 3 is 1.64 bits per heavy atom. The van der Waals surface area contributed by atoms with E-state index >= 15 is 0 Å². The van der Waals surface area contributed by atoms with Crippen molar-refractivity contribution in [3.05, 3.63) is 146 Å². The third kappa shape index (κ3) is 3.46. The van der Waals surface area contributed by atoms with Crippen molar-refractivity contribution < 1.29 is 12.8 Å². The zero-order valence-electron chi connectivity index (χ0n) is 23.5. The molecule has 9 rings (SSSR count). The van der Waals surface area contributed by atoms with E-state index in [1.165, 1.54) is 0 Å². The van der Waals surface area contributed by atoms with Gasteiger partial charge in [0.25, 0.3) is 0 Å². The molecule has 0 saturated carbocycles. The van der Waals surface area contributed by atoms with Crippen LogP contribution in [-0.4, -0.2) is 8.42 Å². The lowest BCUT2D eigenvalue weighted by Crippen LogP contribution is -2.05. The fourth-order valence-electron chi connectivity index (χ4n) is 6.96. The molecule has 9 aromatic rings. The Morgan fingerprint density at radius 2 is 0.977 bits per heavy atom. The van der Waals surface area contributed by atoms with E-state index < -0.39 is 9.84 Å². The fourth-order valence-corrected chi connectivity index (χ4v) is 8.64. The first-order valence-electron chi connectivity index (χ1n) is 14.6. The predicted molar refractivity (Wildman–Crippen MR) is 181 cm³/mol. The van der Waals surface area contributed by atoms with Gasteiger partial charge in [-0.1, -0.05) is 121 Å². The van der Waals surface area contributed by atoms with Crippen LogP contribution in [0.1, 0.15) is 0 Å². The van der Waals surface area contributed by atoms with Crippen molar-refractivity contribution in [1.29, 1.82) is 0 Å². The molecule has 1 heterocycles. The molecule has 0 aliphatic rings. The van der Waals surface area contributed by atoms with Crippen LogP contribution in [0.4, 0.5) is 0 Å². The highest BCUT2D eigenvalue weighted by Crippen LogP contribution is 2.48. The average molecular weight is 585 g/mol. The first kappa shape index (κ1) is 25.1. The molecule has 0 fully saturated rings. The molecule has 1 aromatic heterocycles. The lowest BCUT2D eigenvalue weighted by molar-refractivity contribution is 0.597. The van der Waals surface area contributed by atoms with Gasteiger partial charge >= 0.3 is 0 Å². The highest BCUT2D eigenvalue weighted by molar-refractivity contribution is 7.92. The lowest BCUT2D eigenvalue weighted by Gasteiger charge is -2.18. The molecule has 0 amide bonds. The number of rotatable bonds is 3. The summed E-state index contributed by atoms with van der Waals surface area (Å²) in [6, 6.07) is 47.6. The second-order valence-electron chi connectivity index (χ2n) is 11.2. The van der Waals surface area contributed by atoms with Gasteiger partial charge in [0.2, 0.25) is 9.84 Å². The monoisotopic (exact) mass is 584 g/mol. The molecule has 0 bridgehead atoms. The maximum atomic E-state index is 14.3. The molecule has 44 heavy (non-hydrogen) atoms. The maximum absolute atomic E-state index is 14.3. The normalized spacial score (nSPS) is 12.3. The molecule has 0 aliphatic heterocycles. The number of benzene rings is 8. The molecule has 0 N–H and O–H groups in total. The quantitative estimate of drug-likeness (QED) is 0.194. The van der Waals surface area contributed by atoms with Crippen molar-refractivity contribution in [2.75, 3.05) is 0 Å². The zero-order valence-corrected chi connectivity index (χ0v) is 24.3. The summed E-state index contributed by atoms with van der Waals surface area (Å²) in [6.45, 7) is 0. The average Bonchev–Trinajstić information content (AvgIpc) is 3.48. The Morgan fingerprint density at radius 1 is 0.455 bits per heavy atom. The summed E-state index contributed by atoms with van der Waals surface area (Å²) in [5, 5.41) is 9.78. The van der Waals surface area contributed by atoms with Crippen molar-refractivity contribution in [3.8, 4) is 11.1 Å². The van der Waals surface area contributed by atoms with Gasteiger partial charge < -0.3 is 4.42 Å². The van der Waals surface area contributed by atoms with E-state index in [1.807, 2.05) is 54.6 Å². The summed E-state index contributed by atoms with van der Waals surface area (Å²) in [5.74, 6) is 0. The minimum atomic E-state index is -3.84. The van der Waals surface area contributed by atoms with E-state index in [9.17, 15) is 8.42 Å². The number of hydrogen-bond donors (Lipinski definition) is 0. The van der Waals surface area contributed by atoms with Crippen LogP contribution in [-0.2, 0) is 9.84 Å². The fraction of sp³-hybridized carbons (Fsp3) is 0. The van der Waals surface area contributed by atoms with Crippen LogP contribution in [0.15, 0.2) is 160 Å². The van der Waals surface area contributed by atoms with Crippen LogP contribution in [0.25, 0.3) is 76.2 Å². The van der Waals surface area contributed by atoms with Crippen molar-refractivity contribution in [2.45, 2.75) is 9.79 Å². The third-order valence-corrected chi connectivity index (χ3v) is 10.7. The number of fused-ring (bicyclic) bond motifs is 9. The molecule has 0 aliphatic carbocycles. The van der Waals surface area contributed by atoms with Gasteiger partial charge in [0.1, 0.15) is 11.2 Å². The van der Waals surface area contributed by atoms with E-state index in [2.05, 4.69) is 66.7 Å². The van der Waals surface area contributed by atoms with Crippen LogP contribution in [0, 0.1) is 0 Å². The van der Waals surface area contributed by atoms with Gasteiger partial charge in [-0.05, 0) is 56.6 Å². The van der Waals surface area contributed by atoms with Crippen molar-refractivity contribution in [3.63, 3.8) is 0 Å². The largest absolute Gasteiger partial charge is 0.455 e. The predicted octanol–water partition coefficient (Wildman–Crippen LogP) is 10.7. The standard InChI is InChI=1S/C40H24O3S/c41-44(42,27-14-2-1-3-15-27)40-32-20-10-8-18-30(32)36(31-19-9-11-21-33(31)40)34-24-26-13-5-7-17-29(26)38-37-28-16-6-4-12-25(28)22-23-35(37)43-39(34)38/h1-24H.